The molecular formula is C46H88N4O4. The molecule has 1 aliphatic rings. The van der Waals surface area contributed by atoms with Crippen LogP contribution in [0.1, 0.15) is 245 Å². The smallest absolute Gasteiger partial charge is 0.243 e. The normalized spacial score (nSPS) is 14.6. The molecule has 4 N–H and O–H groups in total. The quantitative estimate of drug-likeness (QED) is 0.0465. The van der Waals surface area contributed by atoms with E-state index in [2.05, 4.69) is 35.1 Å². The molecule has 0 aliphatic carbocycles. The van der Waals surface area contributed by atoms with E-state index in [-0.39, 0.29) is 36.5 Å². The van der Waals surface area contributed by atoms with E-state index in [0.717, 1.165) is 25.7 Å². The Hall–Kier alpha value is -2.12. The summed E-state index contributed by atoms with van der Waals surface area (Å²) >= 11 is 0. The monoisotopic (exact) mass is 761 g/mol. The number of rotatable bonds is 40. The molecular weight excluding hydrogens is 673 g/mol. The zero-order chi connectivity index (χ0) is 39.2. The van der Waals surface area contributed by atoms with Crippen molar-refractivity contribution in [2.75, 3.05) is 13.1 Å². The van der Waals surface area contributed by atoms with Gasteiger partial charge in [0.2, 0.25) is 23.6 Å². The number of carbonyl (C=O) groups excluding carboxylic acids is 4. The summed E-state index contributed by atoms with van der Waals surface area (Å²) in [7, 11) is 0. The number of amides is 4. The Morgan fingerprint density at radius 3 is 1.24 bits per heavy atom. The fourth-order valence-corrected chi connectivity index (χ4v) is 7.62. The molecule has 1 fully saturated rings. The van der Waals surface area contributed by atoms with Crippen LogP contribution in [0.3, 0.4) is 0 Å². The fourth-order valence-electron chi connectivity index (χ4n) is 7.62. The Balaban J connectivity index is 2.13. The van der Waals surface area contributed by atoms with Crippen molar-refractivity contribution in [1.82, 2.24) is 21.3 Å². The predicted molar refractivity (Wildman–Crippen MR) is 227 cm³/mol. The minimum absolute atomic E-state index is 0.0880. The Kier molecular flexibility index (Phi) is 34.9. The van der Waals surface area contributed by atoms with Crippen LogP contribution >= 0.6 is 0 Å². The molecule has 0 aromatic carbocycles. The van der Waals surface area contributed by atoms with Gasteiger partial charge in [0.15, 0.2) is 0 Å². The number of hydrogen-bond acceptors (Lipinski definition) is 4. The Morgan fingerprint density at radius 1 is 0.537 bits per heavy atom. The maximum Gasteiger partial charge on any atom is 0.243 e. The molecule has 54 heavy (non-hydrogen) atoms. The van der Waals surface area contributed by atoms with Gasteiger partial charge < -0.3 is 21.3 Å². The van der Waals surface area contributed by atoms with Gasteiger partial charge >= 0.3 is 0 Å². The van der Waals surface area contributed by atoms with E-state index in [1.165, 1.54) is 180 Å². The molecule has 1 rings (SSSR count). The van der Waals surface area contributed by atoms with Crippen LogP contribution in [-0.2, 0) is 19.2 Å². The highest BCUT2D eigenvalue weighted by atomic mass is 16.2. The zero-order valence-electron chi connectivity index (χ0n) is 35.7. The highest BCUT2D eigenvalue weighted by molar-refractivity contribution is 5.94. The number of unbranched alkanes of at least 4 members (excludes halogenated alkanes) is 30. The number of carbonyl (C=O) groups is 4. The summed E-state index contributed by atoms with van der Waals surface area (Å²) in [5.74, 6) is -0.834. The third-order valence-corrected chi connectivity index (χ3v) is 11.3. The molecule has 316 valence electrons. The summed E-state index contributed by atoms with van der Waals surface area (Å²) in [6, 6.07) is -1.41. The summed E-state index contributed by atoms with van der Waals surface area (Å²) in [6.07, 6.45) is 43.1. The summed E-state index contributed by atoms with van der Waals surface area (Å²) in [4.78, 5) is 50.2. The largest absolute Gasteiger partial charge is 0.356 e. The van der Waals surface area contributed by atoms with Crippen molar-refractivity contribution in [2.45, 2.75) is 257 Å². The van der Waals surface area contributed by atoms with Crippen molar-refractivity contribution < 1.29 is 19.2 Å². The van der Waals surface area contributed by atoms with E-state index in [4.69, 9.17) is 0 Å². The van der Waals surface area contributed by atoms with Gasteiger partial charge in [-0.2, -0.15) is 0 Å². The second-order valence-electron chi connectivity index (χ2n) is 16.5. The van der Waals surface area contributed by atoms with Gasteiger partial charge in [0.1, 0.15) is 12.1 Å². The van der Waals surface area contributed by atoms with Crippen molar-refractivity contribution in [1.29, 1.82) is 0 Å². The van der Waals surface area contributed by atoms with Crippen LogP contribution in [0.15, 0.2) is 0 Å². The third kappa shape index (κ3) is 31.1. The molecule has 1 saturated heterocycles. The molecule has 1 heterocycles. The van der Waals surface area contributed by atoms with E-state index in [1.54, 1.807) is 0 Å². The Morgan fingerprint density at radius 2 is 0.889 bits per heavy atom. The summed E-state index contributed by atoms with van der Waals surface area (Å²) < 4.78 is 0. The van der Waals surface area contributed by atoms with Gasteiger partial charge in [-0.05, 0) is 25.7 Å². The van der Waals surface area contributed by atoms with Gasteiger partial charge in [0.05, 0.1) is 0 Å². The summed E-state index contributed by atoms with van der Waals surface area (Å²) in [5.41, 5.74) is 0. The first-order chi connectivity index (χ1) is 26.5. The predicted octanol–water partition coefficient (Wildman–Crippen LogP) is 11.3. The third-order valence-electron chi connectivity index (χ3n) is 11.3. The number of hydrogen-bond donors (Lipinski definition) is 4. The second kappa shape index (κ2) is 37.8. The molecule has 2 atom stereocenters. The van der Waals surface area contributed by atoms with Crippen LogP contribution in [0.5, 0.6) is 0 Å². The second-order valence-corrected chi connectivity index (χ2v) is 16.5. The minimum Gasteiger partial charge on any atom is -0.356 e. The maximum atomic E-state index is 13.1. The average molecular weight is 761 g/mol. The Labute approximate surface area is 333 Å². The van der Waals surface area contributed by atoms with E-state index >= 15 is 0 Å². The highest BCUT2D eigenvalue weighted by Gasteiger charge is 2.30. The van der Waals surface area contributed by atoms with Crippen LogP contribution in [-0.4, -0.2) is 48.8 Å². The summed E-state index contributed by atoms with van der Waals surface area (Å²) in [6.45, 7) is 5.76. The molecule has 1 aliphatic heterocycles. The molecule has 4 amide bonds. The molecule has 0 saturated carbocycles. The lowest BCUT2D eigenvalue weighted by atomic mass is 10.0. The van der Waals surface area contributed by atoms with Gasteiger partial charge in [0, 0.05) is 25.9 Å². The maximum absolute atomic E-state index is 13.1. The average Bonchev–Trinajstić information content (AvgIpc) is 3.61. The highest BCUT2D eigenvalue weighted by Crippen LogP contribution is 2.15. The molecule has 0 bridgehead atoms. The standard InChI is InChI=1S/C46H88N4O4/c1-3-5-7-9-11-13-15-17-19-21-23-25-27-29-31-33-39-47-43(51)37-35-41(50-46(54)42-36-38-44(52)49-42)45(53)48-40-34-32-30-28-26-24-22-20-18-16-14-12-10-8-6-4-2/h41-42H,3-40H2,1-2H3,(H,47,51)(H,48,53)(H,49,52)(H,50,54)/t41-,42-/m0/s1. The van der Waals surface area contributed by atoms with Gasteiger partial charge in [-0.25, -0.2) is 0 Å². The molecule has 0 aromatic heterocycles. The first-order valence-corrected chi connectivity index (χ1v) is 23.6. The molecule has 0 radical (unpaired) electrons. The summed E-state index contributed by atoms with van der Waals surface area (Å²) in [5, 5.41) is 11.5. The van der Waals surface area contributed by atoms with Crippen LogP contribution in [0.25, 0.3) is 0 Å². The lowest BCUT2D eigenvalue weighted by Gasteiger charge is -2.20. The van der Waals surface area contributed by atoms with Gasteiger partial charge in [-0.1, -0.05) is 206 Å². The van der Waals surface area contributed by atoms with E-state index in [9.17, 15) is 19.2 Å². The SMILES string of the molecule is CCCCCCCCCCCCCCCCCCNC(=O)CC[C@H](NC(=O)[C@@H]1CCC(=O)N1)C(=O)NCCCCCCCCCCCCCCCCCC. The van der Waals surface area contributed by atoms with Crippen molar-refractivity contribution >= 4 is 23.6 Å². The van der Waals surface area contributed by atoms with Crippen LogP contribution in [0.4, 0.5) is 0 Å². The fraction of sp³-hybridized carbons (Fsp3) is 0.913. The molecule has 8 nitrogen and oxygen atoms in total. The van der Waals surface area contributed by atoms with Crippen molar-refractivity contribution in [3.05, 3.63) is 0 Å². The van der Waals surface area contributed by atoms with Crippen molar-refractivity contribution in [3.63, 3.8) is 0 Å². The van der Waals surface area contributed by atoms with Crippen LogP contribution in [0.2, 0.25) is 0 Å². The first kappa shape index (κ1) is 49.9. The molecule has 0 aromatic rings. The van der Waals surface area contributed by atoms with E-state index in [0.29, 0.717) is 25.9 Å². The van der Waals surface area contributed by atoms with Crippen LogP contribution in [0, 0.1) is 0 Å². The molecule has 0 unspecified atom stereocenters. The van der Waals surface area contributed by atoms with Crippen LogP contribution < -0.4 is 21.3 Å². The van der Waals surface area contributed by atoms with E-state index in [1.807, 2.05) is 0 Å². The zero-order valence-corrected chi connectivity index (χ0v) is 35.7. The minimum atomic E-state index is -0.794. The Bertz CT molecular complexity index is 913. The van der Waals surface area contributed by atoms with Crippen molar-refractivity contribution in [3.8, 4) is 0 Å². The lowest BCUT2D eigenvalue weighted by molar-refractivity contribution is -0.131. The van der Waals surface area contributed by atoms with Crippen molar-refractivity contribution in [2.24, 2.45) is 0 Å². The van der Waals surface area contributed by atoms with E-state index < -0.39 is 12.1 Å². The topological polar surface area (TPSA) is 116 Å². The van der Waals surface area contributed by atoms with Gasteiger partial charge in [-0.3, -0.25) is 19.2 Å². The molecule has 8 heteroatoms. The first-order valence-electron chi connectivity index (χ1n) is 23.6. The number of nitrogens with one attached hydrogen (secondary N) is 4. The van der Waals surface area contributed by atoms with Gasteiger partial charge in [-0.15, -0.1) is 0 Å². The van der Waals surface area contributed by atoms with Gasteiger partial charge in [0.25, 0.3) is 0 Å². The molecule has 0 spiro atoms. The lowest BCUT2D eigenvalue weighted by Crippen LogP contribution is -2.52.